The number of nitriles is 1. The molecule has 110 valence electrons. The fraction of sp³-hybridized carbons (Fsp3) is 0.500. The number of fused-ring (bicyclic) bond motifs is 1. The summed E-state index contributed by atoms with van der Waals surface area (Å²) >= 11 is 0. The van der Waals surface area contributed by atoms with E-state index in [1.807, 2.05) is 0 Å². The highest BCUT2D eigenvalue weighted by Gasteiger charge is 2.42. The zero-order chi connectivity index (χ0) is 14.9. The minimum absolute atomic E-state index is 0.243. The van der Waals surface area contributed by atoms with Crippen LogP contribution >= 0.6 is 0 Å². The maximum atomic E-state index is 8.98. The molecule has 1 fully saturated rings. The van der Waals surface area contributed by atoms with Crippen molar-refractivity contribution in [3.63, 3.8) is 0 Å². The van der Waals surface area contributed by atoms with Crippen LogP contribution in [0.15, 0.2) is 30.5 Å². The van der Waals surface area contributed by atoms with Gasteiger partial charge in [-0.3, -0.25) is 0 Å². The normalized spacial score (nSPS) is 16.3. The molecule has 3 nitrogen and oxygen atoms in total. The predicted molar refractivity (Wildman–Crippen MR) is 85.8 cm³/mol. The van der Waals surface area contributed by atoms with Gasteiger partial charge >= 0.3 is 0 Å². The van der Waals surface area contributed by atoms with Gasteiger partial charge in [-0.2, -0.15) is 5.26 Å². The topological polar surface area (TPSA) is 40.8 Å². The van der Waals surface area contributed by atoms with Crippen LogP contribution in [0, 0.1) is 16.7 Å². The van der Waals surface area contributed by atoms with Crippen molar-refractivity contribution in [2.45, 2.75) is 52.2 Å². The van der Waals surface area contributed by atoms with E-state index in [1.54, 1.807) is 0 Å². The highest BCUT2D eigenvalue weighted by molar-refractivity contribution is 5.80. The van der Waals surface area contributed by atoms with Crippen LogP contribution in [0.25, 0.3) is 10.9 Å². The lowest BCUT2D eigenvalue weighted by Gasteiger charge is -2.14. The Hall–Kier alpha value is -1.79. The van der Waals surface area contributed by atoms with Crippen molar-refractivity contribution in [2.24, 2.45) is 5.41 Å². The first-order chi connectivity index (χ1) is 10.1. The second-order valence-corrected chi connectivity index (χ2v) is 6.71. The number of benzene rings is 1. The van der Waals surface area contributed by atoms with Gasteiger partial charge in [0.15, 0.2) is 0 Å². The molecule has 1 aromatic carbocycles. The molecular formula is C18H23N3. The Bertz CT molecular complexity index is 671. The van der Waals surface area contributed by atoms with Gasteiger partial charge in [0.2, 0.25) is 0 Å². The second-order valence-electron chi connectivity index (χ2n) is 6.71. The number of nitrogens with one attached hydrogen (secondary N) is 1. The van der Waals surface area contributed by atoms with Crippen LogP contribution in [0.5, 0.6) is 0 Å². The third-order valence-corrected chi connectivity index (χ3v) is 4.47. The molecule has 1 aliphatic carbocycles. The zero-order valence-corrected chi connectivity index (χ0v) is 12.9. The van der Waals surface area contributed by atoms with Gasteiger partial charge in [0.25, 0.3) is 0 Å². The molecule has 0 spiro atoms. The Labute approximate surface area is 126 Å². The molecule has 3 heteroatoms. The molecule has 1 aliphatic rings. The first-order valence-electron chi connectivity index (χ1n) is 7.80. The van der Waals surface area contributed by atoms with Gasteiger partial charge in [-0.1, -0.05) is 26.0 Å². The predicted octanol–water partition coefficient (Wildman–Crippen LogP) is 3.83. The summed E-state index contributed by atoms with van der Waals surface area (Å²) in [6.45, 7) is 6.22. The highest BCUT2D eigenvalue weighted by atomic mass is 15.0. The quantitative estimate of drug-likeness (QED) is 0.874. The number of aromatic nitrogens is 1. The Kier molecular flexibility index (Phi) is 3.73. The van der Waals surface area contributed by atoms with E-state index >= 15 is 0 Å². The Balaban J connectivity index is 1.83. The molecule has 0 atom stereocenters. The van der Waals surface area contributed by atoms with Crippen molar-refractivity contribution in [3.8, 4) is 6.07 Å². The standard InChI is InChI=1S/C18H23N3/c1-14(2)20-12-15-3-4-16-5-10-21(17(16)11-15)13-18(6-7-18)8-9-19/h3-5,10-11,14,20H,6-8,12-13H2,1-2H3. The van der Waals surface area contributed by atoms with Gasteiger partial charge in [0.1, 0.15) is 0 Å². The lowest BCUT2D eigenvalue weighted by molar-refractivity contribution is 0.439. The molecule has 0 aliphatic heterocycles. The average molecular weight is 281 g/mol. The summed E-state index contributed by atoms with van der Waals surface area (Å²) in [7, 11) is 0. The van der Waals surface area contributed by atoms with Gasteiger partial charge in [0.05, 0.1) is 6.07 Å². The smallest absolute Gasteiger partial charge is 0.0628 e. The molecule has 0 saturated heterocycles. The first-order valence-corrected chi connectivity index (χ1v) is 7.80. The monoisotopic (exact) mass is 281 g/mol. The number of nitrogens with zero attached hydrogens (tertiary/aromatic N) is 2. The zero-order valence-electron chi connectivity index (χ0n) is 12.9. The largest absolute Gasteiger partial charge is 0.347 e. The van der Waals surface area contributed by atoms with Crippen molar-refractivity contribution in [2.75, 3.05) is 0 Å². The summed E-state index contributed by atoms with van der Waals surface area (Å²) in [6, 6.07) is 11.7. The SMILES string of the molecule is CC(C)NCc1ccc2ccn(CC3(CC#N)CC3)c2c1. The van der Waals surface area contributed by atoms with E-state index in [0.717, 1.165) is 13.1 Å². The number of hydrogen-bond donors (Lipinski definition) is 1. The molecule has 1 N–H and O–H groups in total. The first kappa shape index (κ1) is 14.2. The van der Waals surface area contributed by atoms with Crippen molar-refractivity contribution < 1.29 is 0 Å². The van der Waals surface area contributed by atoms with Crippen LogP contribution in [-0.4, -0.2) is 10.6 Å². The third-order valence-electron chi connectivity index (χ3n) is 4.47. The van der Waals surface area contributed by atoms with E-state index in [0.29, 0.717) is 12.5 Å². The maximum absolute atomic E-state index is 8.98. The number of hydrogen-bond acceptors (Lipinski definition) is 2. The van der Waals surface area contributed by atoms with Gasteiger partial charge < -0.3 is 9.88 Å². The molecule has 0 radical (unpaired) electrons. The molecule has 21 heavy (non-hydrogen) atoms. The van der Waals surface area contributed by atoms with E-state index < -0.39 is 0 Å². The molecule has 2 aromatic rings. The van der Waals surface area contributed by atoms with E-state index in [1.165, 1.54) is 29.3 Å². The fourth-order valence-electron chi connectivity index (χ4n) is 2.90. The lowest BCUT2D eigenvalue weighted by atomic mass is 10.0. The van der Waals surface area contributed by atoms with Crippen LogP contribution in [-0.2, 0) is 13.1 Å². The van der Waals surface area contributed by atoms with Crippen molar-refractivity contribution in [1.82, 2.24) is 9.88 Å². The van der Waals surface area contributed by atoms with E-state index in [9.17, 15) is 0 Å². The van der Waals surface area contributed by atoms with E-state index in [-0.39, 0.29) is 5.41 Å². The molecular weight excluding hydrogens is 258 g/mol. The van der Waals surface area contributed by atoms with E-state index in [2.05, 4.69) is 60.3 Å². The fourth-order valence-corrected chi connectivity index (χ4v) is 2.90. The summed E-state index contributed by atoms with van der Waals surface area (Å²) < 4.78 is 2.33. The lowest BCUT2D eigenvalue weighted by Crippen LogP contribution is -2.21. The van der Waals surface area contributed by atoms with Crippen molar-refractivity contribution in [3.05, 3.63) is 36.0 Å². The maximum Gasteiger partial charge on any atom is 0.0628 e. The van der Waals surface area contributed by atoms with Gasteiger partial charge in [-0.05, 0) is 35.9 Å². The van der Waals surface area contributed by atoms with Crippen molar-refractivity contribution in [1.29, 1.82) is 5.26 Å². The summed E-state index contributed by atoms with van der Waals surface area (Å²) in [5.41, 5.74) is 2.86. The minimum Gasteiger partial charge on any atom is -0.347 e. The van der Waals surface area contributed by atoms with Gasteiger partial charge in [-0.25, -0.2) is 0 Å². The van der Waals surface area contributed by atoms with Crippen LogP contribution < -0.4 is 5.32 Å². The summed E-state index contributed by atoms with van der Waals surface area (Å²) in [4.78, 5) is 0. The summed E-state index contributed by atoms with van der Waals surface area (Å²) in [5, 5.41) is 13.7. The molecule has 1 heterocycles. The van der Waals surface area contributed by atoms with Crippen LogP contribution in [0.3, 0.4) is 0 Å². The number of rotatable bonds is 6. The molecule has 1 saturated carbocycles. The Morgan fingerprint density at radius 3 is 2.81 bits per heavy atom. The molecule has 0 bridgehead atoms. The van der Waals surface area contributed by atoms with Crippen molar-refractivity contribution >= 4 is 10.9 Å². The second kappa shape index (κ2) is 5.54. The Morgan fingerprint density at radius 2 is 2.14 bits per heavy atom. The van der Waals surface area contributed by atoms with Crippen LogP contribution in [0.4, 0.5) is 0 Å². The highest BCUT2D eigenvalue weighted by Crippen LogP contribution is 2.50. The molecule has 1 aromatic heterocycles. The minimum atomic E-state index is 0.243. The molecule has 3 rings (SSSR count). The van der Waals surface area contributed by atoms with Crippen LogP contribution in [0.1, 0.15) is 38.7 Å². The summed E-state index contributed by atoms with van der Waals surface area (Å²) in [5.74, 6) is 0. The van der Waals surface area contributed by atoms with E-state index in [4.69, 9.17) is 5.26 Å². The molecule has 0 amide bonds. The van der Waals surface area contributed by atoms with Crippen LogP contribution in [0.2, 0.25) is 0 Å². The third kappa shape index (κ3) is 3.11. The summed E-state index contributed by atoms with van der Waals surface area (Å²) in [6.07, 6.45) is 5.23. The molecule has 0 unspecified atom stereocenters. The van der Waals surface area contributed by atoms with Gasteiger partial charge in [-0.15, -0.1) is 0 Å². The Morgan fingerprint density at radius 1 is 1.33 bits per heavy atom. The van der Waals surface area contributed by atoms with Gasteiger partial charge in [0, 0.05) is 42.7 Å². The average Bonchev–Trinajstić information content (AvgIpc) is 3.10.